The Bertz CT molecular complexity index is 742. The lowest BCUT2D eigenvalue weighted by Gasteiger charge is -2.29. The molecule has 1 aliphatic rings. The third-order valence-corrected chi connectivity index (χ3v) is 5.92. The summed E-state index contributed by atoms with van der Waals surface area (Å²) < 4.78 is 52.0. The van der Waals surface area contributed by atoms with Crippen LogP contribution < -0.4 is 9.03 Å². The van der Waals surface area contributed by atoms with E-state index in [4.69, 9.17) is 0 Å². The molecule has 1 aliphatic heterocycles. The second-order valence-electron chi connectivity index (χ2n) is 5.17. The van der Waals surface area contributed by atoms with Gasteiger partial charge in [0.25, 0.3) is 0 Å². The molecule has 9 heteroatoms. The van der Waals surface area contributed by atoms with Crippen molar-refractivity contribution < 1.29 is 16.8 Å². The van der Waals surface area contributed by atoms with Gasteiger partial charge in [0.1, 0.15) is 0 Å². The molecule has 0 radical (unpaired) electrons. The van der Waals surface area contributed by atoms with Crippen molar-refractivity contribution in [3.63, 3.8) is 0 Å². The number of anilines is 2. The molecule has 0 aliphatic carbocycles. The zero-order valence-corrected chi connectivity index (χ0v) is 13.8. The Morgan fingerprint density at radius 1 is 1.19 bits per heavy atom. The lowest BCUT2D eigenvalue weighted by molar-refractivity contribution is 0.527. The van der Waals surface area contributed by atoms with Gasteiger partial charge in [-0.05, 0) is 36.6 Å². The summed E-state index contributed by atoms with van der Waals surface area (Å²) in [5.74, 6) is 0. The van der Waals surface area contributed by atoms with E-state index in [1.54, 1.807) is 18.2 Å². The van der Waals surface area contributed by atoms with Crippen LogP contribution in [0.5, 0.6) is 0 Å². The first kappa shape index (κ1) is 16.1. The first-order valence-corrected chi connectivity index (χ1v) is 9.71. The van der Waals surface area contributed by atoms with Crippen molar-refractivity contribution in [2.45, 2.75) is 12.8 Å². The van der Waals surface area contributed by atoms with Crippen LogP contribution in [0.2, 0.25) is 0 Å². The summed E-state index contributed by atoms with van der Waals surface area (Å²) >= 11 is 0. The van der Waals surface area contributed by atoms with Crippen LogP contribution in [0, 0.1) is 0 Å². The molecule has 21 heavy (non-hydrogen) atoms. The molecule has 1 heterocycles. The van der Waals surface area contributed by atoms with Crippen molar-refractivity contribution in [1.82, 2.24) is 4.31 Å². The lowest BCUT2D eigenvalue weighted by Crippen LogP contribution is -2.34. The highest BCUT2D eigenvalue weighted by Gasteiger charge is 2.24. The second kappa shape index (κ2) is 5.47. The van der Waals surface area contributed by atoms with Gasteiger partial charge in [-0.25, -0.2) is 8.42 Å². The van der Waals surface area contributed by atoms with Gasteiger partial charge in [0.05, 0.1) is 17.6 Å². The summed E-state index contributed by atoms with van der Waals surface area (Å²) in [6.45, 7) is 0.453. The fraction of sp³-hybridized carbons (Fsp3) is 0.500. The molecule has 7 nitrogen and oxygen atoms in total. The number of hydrogen-bond acceptors (Lipinski definition) is 4. The van der Waals surface area contributed by atoms with Crippen LogP contribution in [0.3, 0.4) is 0 Å². The minimum Gasteiger partial charge on any atom is -0.271 e. The van der Waals surface area contributed by atoms with Crippen LogP contribution in [0.25, 0.3) is 0 Å². The number of hydrogen-bond donors (Lipinski definition) is 1. The minimum atomic E-state index is -3.57. The van der Waals surface area contributed by atoms with Gasteiger partial charge in [0.15, 0.2) is 0 Å². The van der Waals surface area contributed by atoms with Crippen LogP contribution in [0.15, 0.2) is 18.2 Å². The highest BCUT2D eigenvalue weighted by Crippen LogP contribution is 2.31. The fourth-order valence-electron chi connectivity index (χ4n) is 2.21. The van der Waals surface area contributed by atoms with E-state index in [9.17, 15) is 16.8 Å². The normalized spacial score (nSPS) is 15.9. The average molecular weight is 333 g/mol. The number of nitrogens with zero attached hydrogens (tertiary/aromatic N) is 2. The number of benzene rings is 1. The van der Waals surface area contributed by atoms with Gasteiger partial charge in [-0.15, -0.1) is 0 Å². The monoisotopic (exact) mass is 333 g/mol. The van der Waals surface area contributed by atoms with E-state index in [1.165, 1.54) is 24.7 Å². The van der Waals surface area contributed by atoms with Crippen molar-refractivity contribution in [3.05, 3.63) is 23.8 Å². The van der Waals surface area contributed by atoms with Crippen LogP contribution in [-0.2, 0) is 26.7 Å². The molecule has 1 N–H and O–H groups in total. The van der Waals surface area contributed by atoms with Crippen LogP contribution in [-0.4, -0.2) is 48.0 Å². The first-order chi connectivity index (χ1) is 9.61. The molecular formula is C12H19N3O4S2. The predicted molar refractivity (Wildman–Crippen MR) is 83.2 cm³/mol. The maximum atomic E-state index is 11.8. The van der Waals surface area contributed by atoms with Crippen molar-refractivity contribution in [2.24, 2.45) is 0 Å². The highest BCUT2D eigenvalue weighted by molar-refractivity contribution is 7.92. The van der Waals surface area contributed by atoms with Crippen LogP contribution in [0.4, 0.5) is 11.4 Å². The van der Waals surface area contributed by atoms with Gasteiger partial charge in [-0.1, -0.05) is 0 Å². The van der Waals surface area contributed by atoms with E-state index in [1.807, 2.05) is 0 Å². The maximum absolute atomic E-state index is 11.8. The SMILES string of the molecule is CN(C)S(=O)(=O)Nc1ccc2c(c1)CCCN2S(C)(=O)=O. The molecule has 0 saturated carbocycles. The Balaban J connectivity index is 2.37. The molecule has 0 amide bonds. The molecule has 0 aromatic heterocycles. The second-order valence-corrected chi connectivity index (χ2v) is 8.96. The van der Waals surface area contributed by atoms with E-state index in [-0.39, 0.29) is 0 Å². The molecule has 0 atom stereocenters. The quantitative estimate of drug-likeness (QED) is 0.875. The number of fused-ring (bicyclic) bond motifs is 1. The Morgan fingerprint density at radius 2 is 1.86 bits per heavy atom. The Labute approximate surface area is 125 Å². The Kier molecular flexibility index (Phi) is 4.18. The molecule has 0 spiro atoms. The van der Waals surface area contributed by atoms with E-state index < -0.39 is 20.2 Å². The summed E-state index contributed by atoms with van der Waals surface area (Å²) in [7, 11) is -4.01. The summed E-state index contributed by atoms with van der Waals surface area (Å²) in [5.41, 5.74) is 1.87. The lowest BCUT2D eigenvalue weighted by atomic mass is 10.0. The van der Waals surface area contributed by atoms with Crippen LogP contribution >= 0.6 is 0 Å². The van der Waals surface area contributed by atoms with Crippen LogP contribution in [0.1, 0.15) is 12.0 Å². The smallest absolute Gasteiger partial charge is 0.271 e. The molecule has 0 saturated heterocycles. The molecule has 118 valence electrons. The van der Waals surface area contributed by atoms with Gasteiger partial charge in [-0.3, -0.25) is 9.03 Å². The van der Waals surface area contributed by atoms with Crippen molar-refractivity contribution in [2.75, 3.05) is 35.9 Å². The summed E-state index contributed by atoms with van der Waals surface area (Å²) in [4.78, 5) is 0. The van der Waals surface area contributed by atoms with Crippen molar-refractivity contribution in [3.8, 4) is 0 Å². The zero-order chi connectivity index (χ0) is 15.8. The van der Waals surface area contributed by atoms with Gasteiger partial charge in [0.2, 0.25) is 10.0 Å². The summed E-state index contributed by atoms with van der Waals surface area (Å²) in [6.07, 6.45) is 2.60. The van der Waals surface area contributed by atoms with Crippen molar-refractivity contribution >= 4 is 31.6 Å². The van der Waals surface area contributed by atoms with Gasteiger partial charge < -0.3 is 0 Å². The van der Waals surface area contributed by atoms with Crippen molar-refractivity contribution in [1.29, 1.82) is 0 Å². The topological polar surface area (TPSA) is 86.8 Å². The van der Waals surface area contributed by atoms with E-state index in [2.05, 4.69) is 4.72 Å². The zero-order valence-electron chi connectivity index (χ0n) is 12.2. The van der Waals surface area contributed by atoms with Gasteiger partial charge in [0, 0.05) is 20.6 Å². The Hall–Kier alpha value is -1.32. The van der Waals surface area contributed by atoms with E-state index >= 15 is 0 Å². The fourth-order valence-corrected chi connectivity index (χ4v) is 3.81. The number of sulfonamides is 1. The number of rotatable bonds is 4. The summed E-state index contributed by atoms with van der Waals surface area (Å²) in [6, 6.07) is 4.90. The first-order valence-electron chi connectivity index (χ1n) is 6.42. The van der Waals surface area contributed by atoms with E-state index in [0.29, 0.717) is 24.3 Å². The predicted octanol–water partition coefficient (Wildman–Crippen LogP) is 0.617. The molecular weight excluding hydrogens is 314 g/mol. The third-order valence-electron chi connectivity index (χ3n) is 3.28. The maximum Gasteiger partial charge on any atom is 0.301 e. The molecule has 0 bridgehead atoms. The number of nitrogens with one attached hydrogen (secondary N) is 1. The number of aryl methyl sites for hydroxylation is 1. The largest absolute Gasteiger partial charge is 0.301 e. The highest BCUT2D eigenvalue weighted by atomic mass is 32.2. The van der Waals surface area contributed by atoms with Gasteiger partial charge in [-0.2, -0.15) is 12.7 Å². The summed E-state index contributed by atoms with van der Waals surface area (Å²) in [5, 5.41) is 0. The molecule has 1 aromatic rings. The third kappa shape index (κ3) is 3.47. The Morgan fingerprint density at radius 3 is 2.43 bits per heavy atom. The molecule has 1 aromatic carbocycles. The average Bonchev–Trinajstić information content (AvgIpc) is 2.36. The molecule has 2 rings (SSSR count). The van der Waals surface area contributed by atoms with Gasteiger partial charge >= 0.3 is 10.2 Å². The minimum absolute atomic E-state index is 0.429. The molecule has 0 fully saturated rings. The molecule has 0 unspecified atom stereocenters. The standard InChI is InChI=1S/C12H19N3O4S2/c1-14(2)21(18,19)13-11-6-7-12-10(9-11)5-4-8-15(12)20(3,16)17/h6-7,9,13H,4-5,8H2,1-3H3. The van der Waals surface area contributed by atoms with E-state index in [0.717, 1.165) is 16.3 Å².